The minimum Gasteiger partial charge on any atom is -0.444 e. The third-order valence-corrected chi connectivity index (χ3v) is 4.23. The molecule has 1 atom stereocenters. The maximum Gasteiger partial charge on any atom is 0.410 e. The molecule has 1 saturated heterocycles. The van der Waals surface area contributed by atoms with E-state index in [9.17, 15) is 14.9 Å². The minimum absolute atomic E-state index is 0.0667. The van der Waals surface area contributed by atoms with Gasteiger partial charge in [0.15, 0.2) is 0 Å². The zero-order valence-electron chi connectivity index (χ0n) is 14.6. The van der Waals surface area contributed by atoms with Gasteiger partial charge in [-0.2, -0.15) is 0 Å². The monoisotopic (exact) mass is 414 g/mol. The molecule has 2 rings (SSSR count). The summed E-state index contributed by atoms with van der Waals surface area (Å²) in [6.07, 6.45) is 2.75. The van der Waals surface area contributed by atoms with E-state index in [1.165, 1.54) is 6.20 Å². The molecule has 1 aromatic heterocycles. The van der Waals surface area contributed by atoms with E-state index < -0.39 is 10.5 Å². The van der Waals surface area contributed by atoms with Crippen LogP contribution in [0.25, 0.3) is 0 Å². The highest BCUT2D eigenvalue weighted by atomic mass is 79.9. The first-order chi connectivity index (χ1) is 11.7. The number of rotatable bonds is 4. The van der Waals surface area contributed by atoms with Crippen molar-refractivity contribution in [3.63, 3.8) is 0 Å². The van der Waals surface area contributed by atoms with Crippen LogP contribution in [-0.2, 0) is 4.74 Å². The van der Waals surface area contributed by atoms with Gasteiger partial charge in [0.25, 0.3) is 0 Å². The number of hydrogen-bond acceptors (Lipinski definition) is 6. The Morgan fingerprint density at radius 3 is 2.92 bits per heavy atom. The maximum atomic E-state index is 12.2. The van der Waals surface area contributed by atoms with Gasteiger partial charge in [0.1, 0.15) is 22.1 Å². The molecule has 1 aliphatic heterocycles. The number of nitrogens with one attached hydrogen (secondary N) is 1. The van der Waals surface area contributed by atoms with Crippen molar-refractivity contribution in [2.75, 3.05) is 25.0 Å². The van der Waals surface area contributed by atoms with Gasteiger partial charge < -0.3 is 15.0 Å². The normalized spacial score (nSPS) is 17.9. The van der Waals surface area contributed by atoms with Gasteiger partial charge >= 0.3 is 11.8 Å². The van der Waals surface area contributed by atoms with Crippen molar-refractivity contribution in [1.29, 1.82) is 0 Å². The Hall–Kier alpha value is -1.90. The van der Waals surface area contributed by atoms with Gasteiger partial charge in [-0.05, 0) is 55.5 Å². The number of carbonyl (C=O) groups excluding carboxylic acids is 1. The third-order valence-electron chi connectivity index (χ3n) is 3.80. The number of ether oxygens (including phenoxy) is 1. The van der Waals surface area contributed by atoms with Gasteiger partial charge in [-0.1, -0.05) is 0 Å². The topological polar surface area (TPSA) is 97.6 Å². The Balaban J connectivity index is 1.96. The van der Waals surface area contributed by atoms with Crippen molar-refractivity contribution in [1.82, 2.24) is 9.88 Å². The van der Waals surface area contributed by atoms with E-state index in [-0.39, 0.29) is 17.7 Å². The fraction of sp³-hybridized carbons (Fsp3) is 0.625. The highest BCUT2D eigenvalue weighted by molar-refractivity contribution is 9.10. The summed E-state index contributed by atoms with van der Waals surface area (Å²) < 4.78 is 5.94. The summed E-state index contributed by atoms with van der Waals surface area (Å²) in [7, 11) is 0. The number of pyridine rings is 1. The van der Waals surface area contributed by atoms with Crippen LogP contribution in [0.5, 0.6) is 0 Å². The van der Waals surface area contributed by atoms with Crippen LogP contribution in [0, 0.1) is 16.0 Å². The smallest absolute Gasteiger partial charge is 0.410 e. The van der Waals surface area contributed by atoms with Crippen LogP contribution in [-0.4, -0.2) is 46.1 Å². The van der Waals surface area contributed by atoms with Gasteiger partial charge in [0.2, 0.25) is 0 Å². The highest BCUT2D eigenvalue weighted by Crippen LogP contribution is 2.27. The molecule has 1 aliphatic rings. The lowest BCUT2D eigenvalue weighted by molar-refractivity contribution is -0.384. The zero-order valence-corrected chi connectivity index (χ0v) is 16.2. The Morgan fingerprint density at radius 1 is 1.56 bits per heavy atom. The Morgan fingerprint density at radius 2 is 2.28 bits per heavy atom. The van der Waals surface area contributed by atoms with Gasteiger partial charge in [-0.3, -0.25) is 10.1 Å². The summed E-state index contributed by atoms with van der Waals surface area (Å²) in [5.41, 5.74) is -0.170. The van der Waals surface area contributed by atoms with Gasteiger partial charge in [0.05, 0.1) is 4.92 Å². The van der Waals surface area contributed by atoms with E-state index in [2.05, 4.69) is 26.2 Å². The van der Waals surface area contributed by atoms with Crippen LogP contribution in [0.2, 0.25) is 0 Å². The number of carbonyl (C=O) groups is 1. The molecule has 1 fully saturated rings. The standard InChI is InChI=1S/C16H23BrN4O4/c1-16(2,3)25-15(22)20-6-4-5-11(10-20)8-18-12-7-14(17)19-9-13(12)21(23)24/h7,9,11H,4-6,8,10H2,1-3H3,(H,18,19). The predicted molar refractivity (Wildman–Crippen MR) is 97.6 cm³/mol. The van der Waals surface area contributed by atoms with E-state index >= 15 is 0 Å². The van der Waals surface area contributed by atoms with Crippen LogP contribution in [0.4, 0.5) is 16.2 Å². The first-order valence-electron chi connectivity index (χ1n) is 8.17. The number of anilines is 1. The molecular formula is C16H23BrN4O4. The number of halogens is 1. The first kappa shape index (κ1) is 19.4. The fourth-order valence-electron chi connectivity index (χ4n) is 2.69. The highest BCUT2D eigenvalue weighted by Gasteiger charge is 2.28. The second kappa shape index (κ2) is 7.99. The van der Waals surface area contributed by atoms with Crippen molar-refractivity contribution < 1.29 is 14.5 Å². The average Bonchev–Trinajstić information content (AvgIpc) is 2.51. The van der Waals surface area contributed by atoms with Gasteiger partial charge in [0, 0.05) is 25.7 Å². The molecule has 0 radical (unpaired) electrons. The second-order valence-electron chi connectivity index (χ2n) is 7.10. The quantitative estimate of drug-likeness (QED) is 0.456. The summed E-state index contributed by atoms with van der Waals surface area (Å²) in [6, 6.07) is 1.59. The van der Waals surface area contributed by atoms with Crippen molar-refractivity contribution in [2.24, 2.45) is 5.92 Å². The number of aromatic nitrogens is 1. The number of likely N-dealkylation sites (tertiary alicyclic amines) is 1. The van der Waals surface area contributed by atoms with E-state index in [1.54, 1.807) is 11.0 Å². The molecular weight excluding hydrogens is 392 g/mol. The van der Waals surface area contributed by atoms with Crippen molar-refractivity contribution in [3.05, 3.63) is 27.0 Å². The molecule has 138 valence electrons. The van der Waals surface area contributed by atoms with E-state index in [4.69, 9.17) is 4.74 Å². The van der Waals surface area contributed by atoms with Crippen LogP contribution in [0.15, 0.2) is 16.9 Å². The van der Waals surface area contributed by atoms with Crippen LogP contribution < -0.4 is 5.32 Å². The predicted octanol–water partition coefficient (Wildman–Crippen LogP) is 3.81. The maximum absolute atomic E-state index is 12.2. The molecule has 1 N–H and O–H groups in total. The Bertz CT molecular complexity index is 648. The number of hydrogen-bond donors (Lipinski definition) is 1. The lowest BCUT2D eigenvalue weighted by Crippen LogP contribution is -2.44. The molecule has 25 heavy (non-hydrogen) atoms. The largest absolute Gasteiger partial charge is 0.444 e. The molecule has 0 spiro atoms. The van der Waals surface area contributed by atoms with E-state index in [0.29, 0.717) is 29.9 Å². The van der Waals surface area contributed by atoms with Crippen molar-refractivity contribution in [2.45, 2.75) is 39.2 Å². The SMILES string of the molecule is CC(C)(C)OC(=O)N1CCCC(CNc2cc(Br)ncc2[N+](=O)[O-])C1. The first-order valence-corrected chi connectivity index (χ1v) is 8.97. The average molecular weight is 415 g/mol. The molecule has 9 heteroatoms. The number of nitro groups is 1. The summed E-state index contributed by atoms with van der Waals surface area (Å²) >= 11 is 3.22. The van der Waals surface area contributed by atoms with Crippen LogP contribution in [0.3, 0.4) is 0 Å². The zero-order chi connectivity index (χ0) is 18.6. The minimum atomic E-state index is -0.522. The van der Waals surface area contributed by atoms with Gasteiger partial charge in [-0.25, -0.2) is 9.78 Å². The second-order valence-corrected chi connectivity index (χ2v) is 7.91. The molecule has 0 aromatic carbocycles. The molecule has 0 saturated carbocycles. The fourth-order valence-corrected chi connectivity index (χ4v) is 3.02. The summed E-state index contributed by atoms with van der Waals surface area (Å²) in [6.45, 7) is 7.31. The van der Waals surface area contributed by atoms with E-state index in [0.717, 1.165) is 12.8 Å². The third kappa shape index (κ3) is 5.84. The lowest BCUT2D eigenvalue weighted by atomic mass is 9.98. The summed E-state index contributed by atoms with van der Waals surface area (Å²) in [4.78, 5) is 28.4. The molecule has 0 aliphatic carbocycles. The molecule has 1 aromatic rings. The summed E-state index contributed by atoms with van der Waals surface area (Å²) in [5, 5.41) is 14.2. The van der Waals surface area contributed by atoms with Crippen LogP contribution >= 0.6 is 15.9 Å². The Kier molecular flexibility index (Phi) is 6.21. The molecule has 8 nitrogen and oxygen atoms in total. The number of amides is 1. The van der Waals surface area contributed by atoms with E-state index in [1.807, 2.05) is 20.8 Å². The molecule has 2 heterocycles. The van der Waals surface area contributed by atoms with Crippen molar-refractivity contribution in [3.8, 4) is 0 Å². The van der Waals surface area contributed by atoms with Gasteiger partial charge in [-0.15, -0.1) is 0 Å². The number of piperidine rings is 1. The lowest BCUT2D eigenvalue weighted by Gasteiger charge is -2.34. The van der Waals surface area contributed by atoms with Crippen LogP contribution in [0.1, 0.15) is 33.6 Å². The summed E-state index contributed by atoms with van der Waals surface area (Å²) in [5.74, 6) is 0.202. The number of nitrogens with zero attached hydrogens (tertiary/aromatic N) is 3. The molecule has 1 unspecified atom stereocenters. The molecule has 0 bridgehead atoms. The molecule has 1 amide bonds. The Labute approximate surface area is 155 Å². The van der Waals surface area contributed by atoms with Crippen molar-refractivity contribution >= 4 is 33.4 Å².